The molecule has 0 saturated carbocycles. The fraction of sp³-hybridized carbons (Fsp3) is 0.133. The van der Waals surface area contributed by atoms with Crippen LogP contribution in [0.4, 0.5) is 0 Å². The third kappa shape index (κ3) is 3.92. The van der Waals surface area contributed by atoms with Crippen molar-refractivity contribution >= 4 is 43.1 Å². The molecule has 2 heteroatoms. The van der Waals surface area contributed by atoms with E-state index in [2.05, 4.69) is 79.5 Å². The highest BCUT2D eigenvalue weighted by atomic mass is 16.5. The maximum atomic E-state index is 5.90. The summed E-state index contributed by atoms with van der Waals surface area (Å²) in [5.41, 5.74) is 0. The summed E-state index contributed by atoms with van der Waals surface area (Å²) in [5, 5.41) is 9.50. The topological polar surface area (TPSA) is 18.5 Å². The lowest BCUT2D eigenvalue weighted by atomic mass is 9.97. The van der Waals surface area contributed by atoms with E-state index in [0.29, 0.717) is 5.75 Å². The van der Waals surface area contributed by atoms with Gasteiger partial charge in [-0.3, -0.25) is 0 Å². The third-order valence-electron chi connectivity index (χ3n) is 5.71. The van der Waals surface area contributed by atoms with Crippen LogP contribution in [0, 0.1) is 24.4 Å². The fourth-order valence-electron chi connectivity index (χ4n) is 4.06. The van der Waals surface area contributed by atoms with Gasteiger partial charge in [-0.2, -0.15) is 0 Å². The molecule has 32 heavy (non-hydrogen) atoms. The van der Waals surface area contributed by atoms with E-state index >= 15 is 0 Å². The highest BCUT2D eigenvalue weighted by molar-refractivity contribution is 6.08. The molecule has 2 nitrogen and oxygen atoms in total. The van der Waals surface area contributed by atoms with Gasteiger partial charge in [-0.1, -0.05) is 25.5 Å². The van der Waals surface area contributed by atoms with Gasteiger partial charge in [-0.15, -0.1) is 6.42 Å². The van der Waals surface area contributed by atoms with Crippen molar-refractivity contribution in [1.82, 2.24) is 0 Å². The fourth-order valence-corrected chi connectivity index (χ4v) is 4.06. The van der Waals surface area contributed by atoms with Crippen LogP contribution in [0.15, 0.2) is 72.8 Å². The lowest BCUT2D eigenvalue weighted by molar-refractivity contribution is 0.310. The van der Waals surface area contributed by atoms with Crippen molar-refractivity contribution in [3.63, 3.8) is 0 Å². The Labute approximate surface area is 187 Å². The zero-order chi connectivity index (χ0) is 21.9. The molecule has 0 unspecified atom stereocenters. The standard InChI is InChI=1S/C30H22O2/c1-3-5-11-31-29-9-7-21-13-23-16-26-18-28-20-30(32-12-6-4-2)10-8-22(28)14-24(26)15-25(23)17-27(21)19-29/h1,7-10,13-20H,4,6,12H2,2H3. The molecule has 0 amide bonds. The number of benzene rings is 5. The van der Waals surface area contributed by atoms with Gasteiger partial charge in [0, 0.05) is 5.92 Å². The Morgan fingerprint density at radius 3 is 1.72 bits per heavy atom. The van der Waals surface area contributed by atoms with Crippen LogP contribution in [-0.2, 0) is 0 Å². The Kier molecular flexibility index (Phi) is 5.29. The molecule has 5 aromatic carbocycles. The molecule has 0 aliphatic heterocycles. The summed E-state index contributed by atoms with van der Waals surface area (Å²) < 4.78 is 11.3. The summed E-state index contributed by atoms with van der Waals surface area (Å²) in [4.78, 5) is 0. The first-order valence-electron chi connectivity index (χ1n) is 10.8. The molecule has 154 valence electrons. The number of fused-ring (bicyclic) bond motifs is 4. The molecule has 5 rings (SSSR count). The van der Waals surface area contributed by atoms with Gasteiger partial charge in [0.25, 0.3) is 0 Å². The molecule has 0 N–H and O–H groups in total. The average molecular weight is 415 g/mol. The smallest absolute Gasteiger partial charge is 0.140 e. The predicted octanol–water partition coefficient (Wildman–Crippen LogP) is 7.45. The van der Waals surface area contributed by atoms with Crippen molar-refractivity contribution in [3.05, 3.63) is 72.8 Å². The van der Waals surface area contributed by atoms with E-state index < -0.39 is 0 Å². The second kappa shape index (κ2) is 8.54. The summed E-state index contributed by atoms with van der Waals surface area (Å²) in [6.07, 6.45) is 9.87. The second-order valence-electron chi connectivity index (χ2n) is 7.94. The van der Waals surface area contributed by atoms with Crippen molar-refractivity contribution in [2.45, 2.75) is 19.8 Å². The van der Waals surface area contributed by atoms with E-state index in [1.165, 1.54) is 32.3 Å². The normalized spacial score (nSPS) is 10.8. The van der Waals surface area contributed by atoms with Gasteiger partial charge in [0.15, 0.2) is 0 Å². The predicted molar refractivity (Wildman–Crippen MR) is 134 cm³/mol. The Balaban J connectivity index is 1.57. The van der Waals surface area contributed by atoms with Gasteiger partial charge in [0.1, 0.15) is 17.6 Å². The average Bonchev–Trinajstić information content (AvgIpc) is 2.80. The number of terminal acetylenes is 1. The van der Waals surface area contributed by atoms with Crippen LogP contribution >= 0.6 is 0 Å². The number of rotatable bonds is 5. The van der Waals surface area contributed by atoms with Crippen LogP contribution in [0.1, 0.15) is 19.8 Å². The van der Waals surface area contributed by atoms with Crippen LogP contribution < -0.4 is 9.47 Å². The van der Waals surface area contributed by atoms with Crippen molar-refractivity contribution in [3.8, 4) is 35.9 Å². The Hall–Kier alpha value is -4.14. The van der Waals surface area contributed by atoms with Gasteiger partial charge < -0.3 is 9.47 Å². The van der Waals surface area contributed by atoms with E-state index in [-0.39, 0.29) is 0 Å². The summed E-state index contributed by atoms with van der Waals surface area (Å²) in [5.74, 6) is 6.34. The minimum atomic E-state index is 0.684. The maximum absolute atomic E-state index is 5.90. The lowest BCUT2D eigenvalue weighted by Gasteiger charge is -2.09. The molecule has 0 radical (unpaired) electrons. The minimum absolute atomic E-state index is 0.684. The van der Waals surface area contributed by atoms with Crippen LogP contribution in [0.2, 0.25) is 0 Å². The largest absolute Gasteiger partial charge is 0.494 e. The molecule has 0 atom stereocenters. The van der Waals surface area contributed by atoms with Crippen LogP contribution in [0.5, 0.6) is 11.5 Å². The zero-order valence-corrected chi connectivity index (χ0v) is 17.9. The summed E-state index contributed by atoms with van der Waals surface area (Å²) in [7, 11) is 0. The van der Waals surface area contributed by atoms with Crippen molar-refractivity contribution in [2.75, 3.05) is 6.61 Å². The van der Waals surface area contributed by atoms with Crippen LogP contribution in [-0.4, -0.2) is 6.61 Å². The van der Waals surface area contributed by atoms with E-state index in [9.17, 15) is 0 Å². The number of hydrogen-bond acceptors (Lipinski definition) is 2. The Morgan fingerprint density at radius 2 is 1.16 bits per heavy atom. The van der Waals surface area contributed by atoms with Gasteiger partial charge in [-0.25, -0.2) is 0 Å². The van der Waals surface area contributed by atoms with Gasteiger partial charge in [-0.05, 0) is 116 Å². The first kappa shape index (κ1) is 19.8. The molecule has 0 heterocycles. The molecule has 0 aliphatic carbocycles. The van der Waals surface area contributed by atoms with Gasteiger partial charge in [0.2, 0.25) is 0 Å². The molecular formula is C30H22O2. The molecule has 0 fully saturated rings. The van der Waals surface area contributed by atoms with E-state index in [4.69, 9.17) is 15.9 Å². The summed E-state index contributed by atoms with van der Waals surface area (Å²) in [6, 6.07) is 25.7. The quantitative estimate of drug-likeness (QED) is 0.169. The monoisotopic (exact) mass is 414 g/mol. The summed E-state index contributed by atoms with van der Waals surface area (Å²) in [6.45, 7) is 2.93. The van der Waals surface area contributed by atoms with Crippen LogP contribution in [0.3, 0.4) is 0 Å². The minimum Gasteiger partial charge on any atom is -0.494 e. The van der Waals surface area contributed by atoms with E-state index in [1.54, 1.807) is 0 Å². The molecular weight excluding hydrogens is 392 g/mol. The molecule has 0 spiro atoms. The van der Waals surface area contributed by atoms with Gasteiger partial charge in [0.05, 0.1) is 6.61 Å². The molecule has 0 aromatic heterocycles. The third-order valence-corrected chi connectivity index (χ3v) is 5.71. The Morgan fingerprint density at radius 1 is 0.656 bits per heavy atom. The lowest BCUT2D eigenvalue weighted by Crippen LogP contribution is -1.96. The van der Waals surface area contributed by atoms with Crippen molar-refractivity contribution < 1.29 is 9.47 Å². The maximum Gasteiger partial charge on any atom is 0.140 e. The van der Waals surface area contributed by atoms with Crippen molar-refractivity contribution in [2.24, 2.45) is 0 Å². The SMILES string of the molecule is C#CC#COc1ccc2cc3cc4cc5cc(OCCCC)ccc5cc4cc3cc2c1. The number of ether oxygens (including phenoxy) is 2. The number of unbranched alkanes of at least 4 members (excludes halogenated alkanes) is 1. The first-order chi connectivity index (χ1) is 15.7. The van der Waals surface area contributed by atoms with Gasteiger partial charge >= 0.3 is 0 Å². The molecule has 5 aromatic rings. The highest BCUT2D eigenvalue weighted by Crippen LogP contribution is 2.32. The van der Waals surface area contributed by atoms with Crippen molar-refractivity contribution in [1.29, 1.82) is 0 Å². The highest BCUT2D eigenvalue weighted by Gasteiger charge is 2.05. The van der Waals surface area contributed by atoms with E-state index in [0.717, 1.165) is 36.0 Å². The van der Waals surface area contributed by atoms with Crippen LogP contribution in [0.25, 0.3) is 43.1 Å². The zero-order valence-electron chi connectivity index (χ0n) is 17.9. The molecule has 0 bridgehead atoms. The van der Waals surface area contributed by atoms with E-state index in [1.807, 2.05) is 18.2 Å². The summed E-state index contributed by atoms with van der Waals surface area (Å²) >= 11 is 0. The number of hydrogen-bond donors (Lipinski definition) is 0. The molecule has 0 aliphatic rings. The first-order valence-corrected chi connectivity index (χ1v) is 10.8. The Bertz CT molecular complexity index is 1580. The second-order valence-corrected chi connectivity index (χ2v) is 7.94. The molecule has 0 saturated heterocycles.